The molecule has 33 heavy (non-hydrogen) atoms. The van der Waals surface area contributed by atoms with E-state index in [1.807, 2.05) is 0 Å². The molecule has 0 radical (unpaired) electrons. The lowest BCUT2D eigenvalue weighted by molar-refractivity contribution is -0.143. The quantitative estimate of drug-likeness (QED) is 0.464. The Morgan fingerprint density at radius 2 is 1.58 bits per heavy atom. The Hall–Kier alpha value is -3.66. The van der Waals surface area contributed by atoms with Crippen LogP contribution in [0, 0.1) is 0 Å². The highest BCUT2D eigenvalue weighted by Crippen LogP contribution is 2.24. The zero-order chi connectivity index (χ0) is 24.0. The van der Waals surface area contributed by atoms with E-state index in [1.165, 1.54) is 25.6 Å². The van der Waals surface area contributed by atoms with Crippen molar-refractivity contribution in [3.8, 4) is 11.5 Å². The molecule has 2 aromatic carbocycles. The minimum absolute atomic E-state index is 0.139. The molecule has 3 rings (SSSR count). The Morgan fingerprint density at radius 3 is 2.18 bits per heavy atom. The number of thiazole rings is 1. The molecule has 0 fully saturated rings. The lowest BCUT2D eigenvalue weighted by Gasteiger charge is -2.07. The second kappa shape index (κ2) is 10.8. The number of esters is 2. The summed E-state index contributed by atoms with van der Waals surface area (Å²) in [4.78, 5) is 41.9. The number of carbonyl (C=O) groups is 3. The largest absolute Gasteiger partial charge is 0.497 e. The summed E-state index contributed by atoms with van der Waals surface area (Å²) in [6.07, 6.45) is 0. The predicted molar refractivity (Wildman–Crippen MR) is 122 cm³/mol. The zero-order valence-electron chi connectivity index (χ0n) is 18.7. The fourth-order valence-electron chi connectivity index (χ4n) is 3.07. The molecule has 9 nitrogen and oxygen atoms in total. The number of hydrogen-bond donors (Lipinski definition) is 0. The van der Waals surface area contributed by atoms with Crippen molar-refractivity contribution in [2.75, 3.05) is 27.4 Å². The first kappa shape index (κ1) is 24.0. The van der Waals surface area contributed by atoms with Crippen molar-refractivity contribution in [1.82, 2.24) is 4.57 Å². The number of nitrogens with zero attached hydrogens (tertiary/aromatic N) is 2. The van der Waals surface area contributed by atoms with Gasteiger partial charge in [0, 0.05) is 11.6 Å². The van der Waals surface area contributed by atoms with Gasteiger partial charge in [-0.3, -0.25) is 9.59 Å². The molecule has 0 saturated heterocycles. The summed E-state index contributed by atoms with van der Waals surface area (Å²) in [6.45, 7) is 3.78. The van der Waals surface area contributed by atoms with Crippen LogP contribution in [0.5, 0.6) is 11.5 Å². The molecule has 3 aromatic rings. The van der Waals surface area contributed by atoms with Crippen molar-refractivity contribution in [3.63, 3.8) is 0 Å². The highest BCUT2D eigenvalue weighted by Gasteiger charge is 2.16. The summed E-state index contributed by atoms with van der Waals surface area (Å²) in [5.41, 5.74) is 1.26. The van der Waals surface area contributed by atoms with Gasteiger partial charge in [0.15, 0.2) is 4.80 Å². The number of ether oxygens (including phenoxy) is 4. The molecular formula is C23H24N2O7S. The smallest absolute Gasteiger partial charge is 0.338 e. The standard InChI is InChI=1S/C23H24N2O7S/c1-5-31-20(26)13-25-18-8-7-14(22(28)32-6-2)11-19(18)33-23(25)24-21(27)15-9-16(29-3)12-17(10-15)30-4/h7-12H,5-6,13H2,1-4H3. The van der Waals surface area contributed by atoms with Gasteiger partial charge in [0.2, 0.25) is 0 Å². The van der Waals surface area contributed by atoms with Crippen molar-refractivity contribution in [1.29, 1.82) is 0 Å². The lowest BCUT2D eigenvalue weighted by atomic mass is 10.2. The minimum Gasteiger partial charge on any atom is -0.497 e. The number of aromatic nitrogens is 1. The number of rotatable bonds is 8. The molecule has 1 aromatic heterocycles. The first-order chi connectivity index (χ1) is 15.9. The molecule has 10 heteroatoms. The van der Waals surface area contributed by atoms with E-state index < -0.39 is 17.8 Å². The molecule has 0 aliphatic heterocycles. The van der Waals surface area contributed by atoms with Crippen LogP contribution in [0.1, 0.15) is 34.6 Å². The zero-order valence-corrected chi connectivity index (χ0v) is 19.6. The predicted octanol–water partition coefficient (Wildman–Crippen LogP) is 3.20. The van der Waals surface area contributed by atoms with Crippen LogP contribution in [0.4, 0.5) is 0 Å². The van der Waals surface area contributed by atoms with Crippen LogP contribution >= 0.6 is 11.3 Å². The van der Waals surface area contributed by atoms with E-state index in [-0.39, 0.29) is 30.1 Å². The Morgan fingerprint density at radius 1 is 0.909 bits per heavy atom. The number of benzene rings is 2. The topological polar surface area (TPSA) is 105 Å². The lowest BCUT2D eigenvalue weighted by Crippen LogP contribution is -2.23. The van der Waals surface area contributed by atoms with E-state index in [2.05, 4.69) is 4.99 Å². The first-order valence-corrected chi connectivity index (χ1v) is 11.0. The molecule has 0 saturated carbocycles. The Kier molecular flexibility index (Phi) is 7.83. The van der Waals surface area contributed by atoms with Gasteiger partial charge in [0.05, 0.1) is 43.2 Å². The minimum atomic E-state index is -0.540. The molecule has 0 bridgehead atoms. The van der Waals surface area contributed by atoms with Crippen LogP contribution in [0.15, 0.2) is 41.4 Å². The maximum Gasteiger partial charge on any atom is 0.338 e. The fourth-order valence-corrected chi connectivity index (χ4v) is 4.14. The first-order valence-electron chi connectivity index (χ1n) is 10.2. The molecule has 0 N–H and O–H groups in total. The van der Waals surface area contributed by atoms with Gasteiger partial charge in [-0.25, -0.2) is 4.79 Å². The van der Waals surface area contributed by atoms with Gasteiger partial charge in [0.25, 0.3) is 5.91 Å². The second-order valence-corrected chi connectivity index (χ2v) is 7.71. The summed E-state index contributed by atoms with van der Waals surface area (Å²) >= 11 is 1.17. The van der Waals surface area contributed by atoms with Crippen LogP contribution in [0.3, 0.4) is 0 Å². The average molecular weight is 473 g/mol. The molecule has 1 amide bonds. The van der Waals surface area contributed by atoms with Crippen LogP contribution in [-0.2, 0) is 20.8 Å². The fraction of sp³-hybridized carbons (Fsp3) is 0.304. The van der Waals surface area contributed by atoms with Crippen molar-refractivity contribution < 1.29 is 33.3 Å². The number of carbonyl (C=O) groups excluding carboxylic acids is 3. The third-order valence-electron chi connectivity index (χ3n) is 4.58. The highest BCUT2D eigenvalue weighted by atomic mass is 32.1. The Labute approximate surface area is 194 Å². The molecule has 1 heterocycles. The second-order valence-electron chi connectivity index (χ2n) is 6.70. The van der Waals surface area contributed by atoms with E-state index in [0.717, 1.165) is 0 Å². The summed E-state index contributed by atoms with van der Waals surface area (Å²) < 4.78 is 22.8. The van der Waals surface area contributed by atoms with Gasteiger partial charge >= 0.3 is 11.9 Å². The Balaban J connectivity index is 2.12. The average Bonchev–Trinajstić information content (AvgIpc) is 3.14. The van der Waals surface area contributed by atoms with Crippen molar-refractivity contribution >= 4 is 39.4 Å². The van der Waals surface area contributed by atoms with Crippen LogP contribution in [-0.4, -0.2) is 49.8 Å². The normalized spacial score (nSPS) is 11.3. The van der Waals surface area contributed by atoms with E-state index in [4.69, 9.17) is 18.9 Å². The van der Waals surface area contributed by atoms with Crippen LogP contribution in [0.2, 0.25) is 0 Å². The van der Waals surface area contributed by atoms with Gasteiger partial charge in [-0.1, -0.05) is 11.3 Å². The highest BCUT2D eigenvalue weighted by molar-refractivity contribution is 7.16. The van der Waals surface area contributed by atoms with E-state index in [9.17, 15) is 14.4 Å². The molecule has 0 atom stereocenters. The van der Waals surface area contributed by atoms with Gasteiger partial charge in [-0.15, -0.1) is 0 Å². The van der Waals surface area contributed by atoms with Gasteiger partial charge in [-0.05, 0) is 44.2 Å². The van der Waals surface area contributed by atoms with E-state index >= 15 is 0 Å². The van der Waals surface area contributed by atoms with Gasteiger partial charge in [-0.2, -0.15) is 4.99 Å². The molecular weight excluding hydrogens is 448 g/mol. The number of hydrogen-bond acceptors (Lipinski definition) is 8. The van der Waals surface area contributed by atoms with Gasteiger partial charge < -0.3 is 23.5 Å². The Bertz CT molecular complexity index is 1240. The van der Waals surface area contributed by atoms with Crippen molar-refractivity contribution in [2.24, 2.45) is 4.99 Å². The van der Waals surface area contributed by atoms with Crippen molar-refractivity contribution in [3.05, 3.63) is 52.3 Å². The molecule has 0 aliphatic rings. The maximum absolute atomic E-state index is 13.0. The molecule has 0 spiro atoms. The van der Waals surface area contributed by atoms with Gasteiger partial charge in [0.1, 0.15) is 18.0 Å². The van der Waals surface area contributed by atoms with Crippen molar-refractivity contribution in [2.45, 2.75) is 20.4 Å². The molecule has 174 valence electrons. The summed E-state index contributed by atoms with van der Waals surface area (Å²) in [6, 6.07) is 9.70. The van der Waals surface area contributed by atoms with Crippen LogP contribution < -0.4 is 14.3 Å². The maximum atomic E-state index is 13.0. The number of methoxy groups -OCH3 is 2. The number of fused-ring (bicyclic) bond motifs is 1. The molecule has 0 aliphatic carbocycles. The molecule has 0 unspecified atom stereocenters. The van der Waals surface area contributed by atoms with Crippen LogP contribution in [0.25, 0.3) is 10.2 Å². The number of amides is 1. The summed E-state index contributed by atoms with van der Waals surface area (Å²) in [7, 11) is 2.97. The summed E-state index contributed by atoms with van der Waals surface area (Å²) in [5.74, 6) is -0.571. The third kappa shape index (κ3) is 5.58. The summed E-state index contributed by atoms with van der Waals surface area (Å²) in [5, 5.41) is 0. The van der Waals surface area contributed by atoms with E-state index in [0.29, 0.717) is 27.3 Å². The van der Waals surface area contributed by atoms with E-state index in [1.54, 1.807) is 54.8 Å². The monoisotopic (exact) mass is 472 g/mol. The SMILES string of the molecule is CCOC(=O)Cn1c(=NC(=O)c2cc(OC)cc(OC)c2)sc2cc(C(=O)OCC)ccc21. The third-order valence-corrected chi connectivity index (χ3v) is 5.62.